The van der Waals surface area contributed by atoms with Gasteiger partial charge in [0.15, 0.2) is 0 Å². The van der Waals surface area contributed by atoms with Crippen LogP contribution in [0.4, 0.5) is 5.13 Å². The summed E-state index contributed by atoms with van der Waals surface area (Å²) < 4.78 is 0. The number of hydrogen-bond acceptors (Lipinski definition) is 5. The molecule has 0 aromatic carbocycles. The molecule has 5 nitrogen and oxygen atoms in total. The molecule has 1 fully saturated rings. The summed E-state index contributed by atoms with van der Waals surface area (Å²) in [6, 6.07) is 0.229. The van der Waals surface area contributed by atoms with Crippen LogP contribution in [0, 0.1) is 5.92 Å². The van der Waals surface area contributed by atoms with Crippen LogP contribution in [0.1, 0.15) is 42.4 Å². The van der Waals surface area contributed by atoms with E-state index >= 15 is 0 Å². The highest BCUT2D eigenvalue weighted by atomic mass is 32.1. The van der Waals surface area contributed by atoms with Crippen LogP contribution in [-0.2, 0) is 0 Å². The first-order valence-electron chi connectivity index (χ1n) is 6.03. The Morgan fingerprint density at radius 3 is 2.71 bits per heavy atom. The van der Waals surface area contributed by atoms with Crippen LogP contribution in [-0.4, -0.2) is 29.2 Å². The minimum Gasteiger partial charge on any atom is -0.363 e. The number of aromatic nitrogens is 2. The summed E-state index contributed by atoms with van der Waals surface area (Å²) in [4.78, 5) is 11.9. The summed E-state index contributed by atoms with van der Waals surface area (Å²) in [5.74, 6) is 0.513. The maximum absolute atomic E-state index is 11.9. The van der Waals surface area contributed by atoms with Crippen molar-refractivity contribution in [3.63, 3.8) is 0 Å². The van der Waals surface area contributed by atoms with Gasteiger partial charge in [0.1, 0.15) is 0 Å². The minimum absolute atomic E-state index is 0.108. The Morgan fingerprint density at radius 2 is 2.12 bits per heavy atom. The molecule has 1 amide bonds. The first kappa shape index (κ1) is 12.3. The van der Waals surface area contributed by atoms with Crippen molar-refractivity contribution >= 4 is 22.4 Å². The van der Waals surface area contributed by atoms with Crippen molar-refractivity contribution < 1.29 is 4.79 Å². The highest BCUT2D eigenvalue weighted by Crippen LogP contribution is 2.27. The molecule has 1 aliphatic rings. The van der Waals surface area contributed by atoms with Gasteiger partial charge in [-0.3, -0.25) is 4.79 Å². The maximum atomic E-state index is 11.9. The zero-order chi connectivity index (χ0) is 12.3. The van der Waals surface area contributed by atoms with Gasteiger partial charge in [-0.1, -0.05) is 24.2 Å². The van der Waals surface area contributed by atoms with E-state index in [4.69, 9.17) is 0 Å². The molecule has 1 unspecified atom stereocenters. The van der Waals surface area contributed by atoms with Gasteiger partial charge < -0.3 is 10.6 Å². The van der Waals surface area contributed by atoms with E-state index in [1.54, 1.807) is 7.05 Å². The van der Waals surface area contributed by atoms with Crippen molar-refractivity contribution in [1.82, 2.24) is 15.5 Å². The third-order valence-electron chi connectivity index (χ3n) is 3.30. The summed E-state index contributed by atoms with van der Waals surface area (Å²) in [5, 5.41) is 14.7. The third-order valence-corrected chi connectivity index (χ3v) is 4.24. The Balaban J connectivity index is 1.91. The average Bonchev–Trinajstić information content (AvgIpc) is 3.00. The monoisotopic (exact) mass is 254 g/mol. The Labute approximate surface area is 105 Å². The largest absolute Gasteiger partial charge is 0.363 e. The van der Waals surface area contributed by atoms with Crippen LogP contribution in [0.3, 0.4) is 0 Å². The zero-order valence-corrected chi connectivity index (χ0v) is 11.0. The number of amides is 1. The van der Waals surface area contributed by atoms with Crippen molar-refractivity contribution in [3.8, 4) is 0 Å². The second kappa shape index (κ2) is 5.44. The van der Waals surface area contributed by atoms with Crippen LogP contribution in [0.15, 0.2) is 0 Å². The Morgan fingerprint density at radius 1 is 1.41 bits per heavy atom. The molecule has 17 heavy (non-hydrogen) atoms. The molecule has 1 aromatic heterocycles. The number of hydrogen-bond donors (Lipinski definition) is 2. The SMILES string of the molecule is CNc1nnc(C(=O)NC(C)C2CCCC2)s1. The fourth-order valence-corrected chi connectivity index (χ4v) is 2.86. The molecule has 1 saturated carbocycles. The van der Waals surface area contributed by atoms with Crippen molar-refractivity contribution in [3.05, 3.63) is 5.01 Å². The first-order valence-corrected chi connectivity index (χ1v) is 6.84. The summed E-state index contributed by atoms with van der Waals surface area (Å²) >= 11 is 1.28. The zero-order valence-electron chi connectivity index (χ0n) is 10.2. The van der Waals surface area contributed by atoms with E-state index < -0.39 is 0 Å². The van der Waals surface area contributed by atoms with Gasteiger partial charge in [-0.05, 0) is 25.7 Å². The molecule has 1 heterocycles. The second-order valence-corrected chi connectivity index (χ2v) is 5.45. The van der Waals surface area contributed by atoms with Crippen molar-refractivity contribution in [2.45, 2.75) is 38.6 Å². The Hall–Kier alpha value is -1.17. The van der Waals surface area contributed by atoms with Gasteiger partial charge in [-0.2, -0.15) is 0 Å². The highest BCUT2D eigenvalue weighted by molar-refractivity contribution is 7.17. The summed E-state index contributed by atoms with van der Waals surface area (Å²) in [7, 11) is 1.77. The number of nitrogens with one attached hydrogen (secondary N) is 2. The topological polar surface area (TPSA) is 66.9 Å². The first-order chi connectivity index (χ1) is 8.20. The standard InChI is InChI=1S/C11H18N4OS/c1-7(8-5-3-4-6-8)13-9(16)10-14-15-11(12-2)17-10/h7-8H,3-6H2,1-2H3,(H,12,15)(H,13,16). The van der Waals surface area contributed by atoms with Gasteiger partial charge in [0.25, 0.3) is 5.91 Å². The predicted molar refractivity (Wildman–Crippen MR) is 68.3 cm³/mol. The van der Waals surface area contributed by atoms with Crippen molar-refractivity contribution in [2.75, 3.05) is 12.4 Å². The molecule has 2 rings (SSSR count). The Kier molecular flexibility index (Phi) is 3.93. The van der Waals surface area contributed by atoms with E-state index in [-0.39, 0.29) is 11.9 Å². The molecule has 1 aromatic rings. The summed E-state index contributed by atoms with van der Waals surface area (Å²) in [6.45, 7) is 2.08. The lowest BCUT2D eigenvalue weighted by Crippen LogP contribution is -2.37. The van der Waals surface area contributed by atoms with Crippen LogP contribution in [0.5, 0.6) is 0 Å². The molecule has 0 saturated heterocycles. The molecule has 0 bridgehead atoms. The van der Waals surface area contributed by atoms with Crippen molar-refractivity contribution in [1.29, 1.82) is 0 Å². The normalized spacial score (nSPS) is 18.0. The van der Waals surface area contributed by atoms with Crippen LogP contribution in [0.2, 0.25) is 0 Å². The quantitative estimate of drug-likeness (QED) is 0.861. The molecule has 0 aliphatic heterocycles. The molecular weight excluding hydrogens is 236 g/mol. The fraction of sp³-hybridized carbons (Fsp3) is 0.727. The lowest BCUT2D eigenvalue weighted by molar-refractivity contribution is 0.0926. The maximum Gasteiger partial charge on any atom is 0.282 e. The van der Waals surface area contributed by atoms with Crippen LogP contribution < -0.4 is 10.6 Å². The third kappa shape index (κ3) is 2.94. The minimum atomic E-state index is -0.108. The van der Waals surface area contributed by atoms with Gasteiger partial charge in [0, 0.05) is 13.1 Å². The Bertz CT molecular complexity index is 387. The lowest BCUT2D eigenvalue weighted by atomic mass is 10.00. The van der Waals surface area contributed by atoms with E-state index in [0.29, 0.717) is 16.1 Å². The number of nitrogens with zero attached hydrogens (tertiary/aromatic N) is 2. The number of carbonyl (C=O) groups is 1. The van der Waals surface area contributed by atoms with Crippen LogP contribution in [0.25, 0.3) is 0 Å². The number of carbonyl (C=O) groups excluding carboxylic acids is 1. The van der Waals surface area contributed by atoms with Crippen molar-refractivity contribution in [2.24, 2.45) is 5.92 Å². The molecule has 1 aliphatic carbocycles. The number of rotatable bonds is 4. The molecule has 0 spiro atoms. The molecular formula is C11H18N4OS. The second-order valence-electron chi connectivity index (χ2n) is 4.47. The van der Waals surface area contributed by atoms with Gasteiger partial charge in [-0.25, -0.2) is 0 Å². The molecule has 0 radical (unpaired) electrons. The van der Waals surface area contributed by atoms with E-state index in [1.165, 1.54) is 37.0 Å². The summed E-state index contributed by atoms with van der Waals surface area (Å²) in [5.41, 5.74) is 0. The predicted octanol–water partition coefficient (Wildman–Crippen LogP) is 1.89. The van der Waals surface area contributed by atoms with Gasteiger partial charge in [0.2, 0.25) is 10.1 Å². The molecule has 6 heteroatoms. The molecule has 94 valence electrons. The molecule has 1 atom stereocenters. The van der Waals surface area contributed by atoms with Gasteiger partial charge in [0.05, 0.1) is 0 Å². The average molecular weight is 254 g/mol. The highest BCUT2D eigenvalue weighted by Gasteiger charge is 2.24. The van der Waals surface area contributed by atoms with E-state index in [9.17, 15) is 4.79 Å². The van der Waals surface area contributed by atoms with Crippen LogP contribution >= 0.6 is 11.3 Å². The van der Waals surface area contributed by atoms with E-state index in [1.807, 2.05) is 0 Å². The van der Waals surface area contributed by atoms with E-state index in [2.05, 4.69) is 27.8 Å². The van der Waals surface area contributed by atoms with Gasteiger partial charge in [-0.15, -0.1) is 10.2 Å². The lowest BCUT2D eigenvalue weighted by Gasteiger charge is -2.19. The van der Waals surface area contributed by atoms with E-state index in [0.717, 1.165) is 0 Å². The number of anilines is 1. The smallest absolute Gasteiger partial charge is 0.282 e. The fourth-order valence-electron chi connectivity index (χ4n) is 2.26. The summed E-state index contributed by atoms with van der Waals surface area (Å²) in [6.07, 6.45) is 5.01. The van der Waals surface area contributed by atoms with Gasteiger partial charge >= 0.3 is 0 Å². The molecule has 2 N–H and O–H groups in total.